The van der Waals surface area contributed by atoms with E-state index in [2.05, 4.69) is 13.0 Å². The van der Waals surface area contributed by atoms with Crippen LogP contribution in [-0.4, -0.2) is 27.8 Å². The highest BCUT2D eigenvalue weighted by molar-refractivity contribution is 8.07. The normalized spacial score (nSPS) is 23.7. The maximum Gasteiger partial charge on any atom is 0.212 e. The highest BCUT2D eigenvalue weighted by Gasteiger charge is 2.31. The second kappa shape index (κ2) is 5.25. The summed E-state index contributed by atoms with van der Waals surface area (Å²) in [5, 5.41) is 1.41. The van der Waals surface area contributed by atoms with Gasteiger partial charge in [0.15, 0.2) is 5.76 Å². The number of ketones is 1. The summed E-state index contributed by atoms with van der Waals surface area (Å²) in [4.78, 5) is 12.5. The van der Waals surface area contributed by atoms with Gasteiger partial charge in [0.2, 0.25) is 5.78 Å². The van der Waals surface area contributed by atoms with Crippen LogP contribution in [0.25, 0.3) is 11.0 Å². The molecule has 100 valence electrons. The number of carbonyl (C=O) groups excluding carboxylic acids is 1. The number of hydrogen-bond acceptors (Lipinski definition) is 4. The van der Waals surface area contributed by atoms with E-state index in [-0.39, 0.29) is 11.0 Å². The largest absolute Gasteiger partial charge is 0.453 e. The number of benzene rings is 1. The molecule has 0 radical (unpaired) electrons. The number of rotatable bonds is 2. The molecule has 1 aliphatic rings. The topological polar surface area (TPSA) is 30.2 Å². The Morgan fingerprint density at radius 3 is 2.84 bits per heavy atom. The summed E-state index contributed by atoms with van der Waals surface area (Å²) >= 11 is 3.63. The summed E-state index contributed by atoms with van der Waals surface area (Å²) in [6, 6.07) is 7.89. The minimum atomic E-state index is 0.0282. The molecule has 2 aromatic rings. The molecule has 1 fully saturated rings. The van der Waals surface area contributed by atoms with Crippen LogP contribution in [0.3, 0.4) is 0 Å². The van der Waals surface area contributed by atoms with Crippen LogP contribution in [0.4, 0.5) is 0 Å². The predicted octanol–water partition coefficient (Wildman–Crippen LogP) is 4.16. The number of fused-ring (bicyclic) bond motifs is 1. The first-order chi connectivity index (χ1) is 9.15. The fourth-order valence-electron chi connectivity index (χ4n) is 2.35. The zero-order chi connectivity index (χ0) is 13.4. The van der Waals surface area contributed by atoms with Crippen molar-refractivity contribution in [1.29, 1.82) is 0 Å². The number of aryl methyl sites for hydroxylation is 1. The molecule has 4 heteroatoms. The van der Waals surface area contributed by atoms with Gasteiger partial charge >= 0.3 is 0 Å². The van der Waals surface area contributed by atoms with Gasteiger partial charge in [-0.05, 0) is 25.1 Å². The van der Waals surface area contributed by atoms with Gasteiger partial charge in [-0.25, -0.2) is 0 Å². The Balaban J connectivity index is 1.92. The SMILES string of the molecule is Cc1ccc2oc(C(=O)C3SCCSC3C)cc2c1. The van der Waals surface area contributed by atoms with Gasteiger partial charge in [-0.15, -0.1) is 11.8 Å². The van der Waals surface area contributed by atoms with E-state index in [0.29, 0.717) is 11.0 Å². The Hall–Kier alpha value is -0.870. The van der Waals surface area contributed by atoms with Crippen molar-refractivity contribution in [2.75, 3.05) is 11.5 Å². The first-order valence-corrected chi connectivity index (χ1v) is 8.52. The van der Waals surface area contributed by atoms with Crippen LogP contribution in [0.2, 0.25) is 0 Å². The number of Topliss-reactive ketones (excluding diaryl/α,β-unsaturated/α-hetero) is 1. The van der Waals surface area contributed by atoms with Crippen molar-refractivity contribution in [2.45, 2.75) is 24.3 Å². The molecule has 0 bridgehead atoms. The lowest BCUT2D eigenvalue weighted by Crippen LogP contribution is -2.30. The highest BCUT2D eigenvalue weighted by Crippen LogP contribution is 2.34. The second-order valence-electron chi connectivity index (χ2n) is 4.88. The van der Waals surface area contributed by atoms with Crippen LogP contribution in [0.15, 0.2) is 28.7 Å². The van der Waals surface area contributed by atoms with Crippen molar-refractivity contribution in [2.24, 2.45) is 0 Å². The minimum absolute atomic E-state index is 0.0282. The summed E-state index contributed by atoms with van der Waals surface area (Å²) in [6.45, 7) is 4.18. The van der Waals surface area contributed by atoms with Crippen LogP contribution in [0.5, 0.6) is 0 Å². The molecule has 19 heavy (non-hydrogen) atoms. The van der Waals surface area contributed by atoms with E-state index in [4.69, 9.17) is 4.42 Å². The number of hydrogen-bond donors (Lipinski definition) is 0. The van der Waals surface area contributed by atoms with Crippen LogP contribution in [-0.2, 0) is 0 Å². The van der Waals surface area contributed by atoms with E-state index in [1.54, 1.807) is 11.8 Å². The quantitative estimate of drug-likeness (QED) is 0.777. The van der Waals surface area contributed by atoms with Gasteiger partial charge in [-0.2, -0.15) is 11.8 Å². The molecule has 0 N–H and O–H groups in total. The molecule has 2 atom stereocenters. The Morgan fingerprint density at radius 1 is 1.26 bits per heavy atom. The smallest absolute Gasteiger partial charge is 0.212 e. The lowest BCUT2D eigenvalue weighted by Gasteiger charge is -2.25. The zero-order valence-corrected chi connectivity index (χ0v) is 12.6. The molecule has 1 aromatic carbocycles. The molecule has 1 aromatic heterocycles. The summed E-state index contributed by atoms with van der Waals surface area (Å²) in [5.74, 6) is 2.82. The van der Waals surface area contributed by atoms with Gasteiger partial charge in [0, 0.05) is 22.1 Å². The Bertz CT molecular complexity index is 618. The molecule has 2 unspecified atom stereocenters. The van der Waals surface area contributed by atoms with E-state index >= 15 is 0 Å². The van der Waals surface area contributed by atoms with Gasteiger partial charge < -0.3 is 4.42 Å². The summed E-state index contributed by atoms with van der Waals surface area (Å²) in [7, 11) is 0. The van der Waals surface area contributed by atoms with Crippen LogP contribution in [0, 0.1) is 6.92 Å². The highest BCUT2D eigenvalue weighted by atomic mass is 32.2. The Kier molecular flexibility index (Phi) is 3.63. The van der Waals surface area contributed by atoms with E-state index in [1.807, 2.05) is 36.9 Å². The average Bonchev–Trinajstić information content (AvgIpc) is 2.81. The van der Waals surface area contributed by atoms with Crippen molar-refractivity contribution in [3.63, 3.8) is 0 Å². The lowest BCUT2D eigenvalue weighted by atomic mass is 10.1. The molecular formula is C15H16O2S2. The molecule has 2 nitrogen and oxygen atoms in total. The van der Waals surface area contributed by atoms with E-state index < -0.39 is 0 Å². The predicted molar refractivity (Wildman–Crippen MR) is 83.4 cm³/mol. The van der Waals surface area contributed by atoms with Gasteiger partial charge in [-0.3, -0.25) is 4.79 Å². The number of carbonyl (C=O) groups is 1. The molecule has 0 saturated carbocycles. The van der Waals surface area contributed by atoms with Crippen molar-refractivity contribution in [3.8, 4) is 0 Å². The monoisotopic (exact) mass is 292 g/mol. The van der Waals surface area contributed by atoms with E-state index in [9.17, 15) is 4.79 Å². The first kappa shape index (κ1) is 13.1. The molecule has 0 aliphatic carbocycles. The van der Waals surface area contributed by atoms with Crippen LogP contribution < -0.4 is 0 Å². The van der Waals surface area contributed by atoms with Crippen molar-refractivity contribution in [1.82, 2.24) is 0 Å². The maximum absolute atomic E-state index is 12.5. The molecule has 1 aliphatic heterocycles. The molecule has 3 rings (SSSR count). The third kappa shape index (κ3) is 2.56. The number of furan rings is 1. The van der Waals surface area contributed by atoms with Gasteiger partial charge in [0.1, 0.15) is 5.58 Å². The summed E-state index contributed by atoms with van der Waals surface area (Å²) in [5.41, 5.74) is 1.98. The fraction of sp³-hybridized carbons (Fsp3) is 0.400. The molecular weight excluding hydrogens is 276 g/mol. The van der Waals surface area contributed by atoms with E-state index in [0.717, 1.165) is 22.5 Å². The first-order valence-electron chi connectivity index (χ1n) is 6.43. The third-order valence-corrected chi connectivity index (χ3v) is 6.45. The fourth-order valence-corrected chi connectivity index (χ4v) is 5.05. The maximum atomic E-state index is 12.5. The van der Waals surface area contributed by atoms with Gasteiger partial charge in [-0.1, -0.05) is 18.6 Å². The van der Waals surface area contributed by atoms with Crippen molar-refractivity contribution >= 4 is 40.3 Å². The Labute approximate surface area is 121 Å². The lowest BCUT2D eigenvalue weighted by molar-refractivity contribution is 0.0965. The second-order valence-corrected chi connectivity index (χ2v) is 7.62. The van der Waals surface area contributed by atoms with Crippen LogP contribution >= 0.6 is 23.5 Å². The summed E-state index contributed by atoms with van der Waals surface area (Å²) < 4.78 is 5.71. The average molecular weight is 292 g/mol. The van der Waals surface area contributed by atoms with Crippen molar-refractivity contribution < 1.29 is 9.21 Å². The van der Waals surface area contributed by atoms with Crippen molar-refractivity contribution in [3.05, 3.63) is 35.6 Å². The molecule has 0 spiro atoms. The van der Waals surface area contributed by atoms with E-state index in [1.165, 1.54) is 5.56 Å². The summed E-state index contributed by atoms with van der Waals surface area (Å²) in [6.07, 6.45) is 0. The zero-order valence-electron chi connectivity index (χ0n) is 11.0. The standard InChI is InChI=1S/C15H16O2S2/c1-9-3-4-12-11(7-9)8-13(17-12)14(16)15-10(2)18-5-6-19-15/h3-4,7-8,10,15H,5-6H2,1-2H3. The molecule has 2 heterocycles. The van der Waals surface area contributed by atoms with Crippen LogP contribution in [0.1, 0.15) is 23.0 Å². The minimum Gasteiger partial charge on any atom is -0.453 e. The Morgan fingerprint density at radius 2 is 2.05 bits per heavy atom. The molecule has 1 saturated heterocycles. The third-order valence-electron chi connectivity index (χ3n) is 3.36. The van der Waals surface area contributed by atoms with Gasteiger partial charge in [0.25, 0.3) is 0 Å². The number of thioether (sulfide) groups is 2. The molecule has 0 amide bonds. The van der Waals surface area contributed by atoms with Gasteiger partial charge in [0.05, 0.1) is 5.25 Å².